The second kappa shape index (κ2) is 5.89. The van der Waals surface area contributed by atoms with Gasteiger partial charge in [-0.25, -0.2) is 0 Å². The van der Waals surface area contributed by atoms with Crippen molar-refractivity contribution in [2.45, 2.75) is 104 Å². The van der Waals surface area contributed by atoms with E-state index in [0.29, 0.717) is 16.7 Å². The van der Waals surface area contributed by atoms with Crippen LogP contribution in [0.25, 0.3) is 0 Å². The van der Waals surface area contributed by atoms with Gasteiger partial charge in [-0.2, -0.15) is 0 Å². The van der Waals surface area contributed by atoms with E-state index in [1.54, 1.807) is 0 Å². The lowest BCUT2D eigenvalue weighted by atomic mass is 9.45. The van der Waals surface area contributed by atoms with Crippen LogP contribution >= 0.6 is 0 Å². The van der Waals surface area contributed by atoms with E-state index in [1.165, 1.54) is 77.0 Å². The number of rotatable bonds is 3. The van der Waals surface area contributed by atoms with Gasteiger partial charge in [-0.15, -0.1) is 0 Å². The summed E-state index contributed by atoms with van der Waals surface area (Å²) in [5, 5.41) is 10.5. The van der Waals surface area contributed by atoms with Crippen LogP contribution < -0.4 is 0 Å². The van der Waals surface area contributed by atoms with Crippen LogP contribution in [0.3, 0.4) is 0 Å². The Kier molecular flexibility index (Phi) is 3.89. The van der Waals surface area contributed by atoms with E-state index in [1.807, 2.05) is 5.57 Å². The van der Waals surface area contributed by atoms with Crippen molar-refractivity contribution in [1.29, 1.82) is 0 Å². The minimum atomic E-state index is -0.121. The fraction of sp³-hybridized carbons (Fsp3) is 0.926. The zero-order valence-corrected chi connectivity index (χ0v) is 18.6. The largest absolute Gasteiger partial charge is 0.393 e. The van der Waals surface area contributed by atoms with Gasteiger partial charge in [0.15, 0.2) is 0 Å². The average molecular weight is 383 g/mol. The molecule has 0 heterocycles. The molecule has 5 fully saturated rings. The van der Waals surface area contributed by atoms with Crippen molar-refractivity contribution in [3.63, 3.8) is 0 Å². The third-order valence-electron chi connectivity index (χ3n) is 11.7. The summed E-state index contributed by atoms with van der Waals surface area (Å²) in [5.41, 5.74) is 3.54. The summed E-state index contributed by atoms with van der Waals surface area (Å²) in [6.07, 6.45) is 20.1. The van der Waals surface area contributed by atoms with E-state index in [0.717, 1.165) is 35.0 Å². The summed E-state index contributed by atoms with van der Waals surface area (Å²) in [4.78, 5) is 0. The molecule has 6 aliphatic rings. The Bertz CT molecular complexity index is 670. The number of hydrogen-bond donors (Lipinski definition) is 1. The van der Waals surface area contributed by atoms with Gasteiger partial charge in [0.1, 0.15) is 0 Å². The molecule has 1 nitrogen and oxygen atoms in total. The summed E-state index contributed by atoms with van der Waals surface area (Å²) in [6, 6.07) is 0. The van der Waals surface area contributed by atoms with E-state index in [9.17, 15) is 5.11 Å². The molecule has 0 aromatic rings. The normalized spacial score (nSPS) is 50.9. The van der Waals surface area contributed by atoms with Crippen LogP contribution in [-0.2, 0) is 0 Å². The number of aliphatic hydroxyl groups is 1. The summed E-state index contributed by atoms with van der Waals surface area (Å²) in [5.74, 6) is 5.39. The predicted molar refractivity (Wildman–Crippen MR) is 115 cm³/mol. The number of fused-ring (bicyclic) bond motifs is 5. The molecule has 0 aromatic heterocycles. The molecule has 0 radical (unpaired) electrons. The molecule has 0 bridgehead atoms. The van der Waals surface area contributed by atoms with Crippen LogP contribution in [0.4, 0.5) is 0 Å². The fourth-order valence-electron chi connectivity index (χ4n) is 9.89. The fourth-order valence-corrected chi connectivity index (χ4v) is 9.89. The quantitative estimate of drug-likeness (QED) is 0.535. The monoisotopic (exact) mass is 382 g/mol. The van der Waals surface area contributed by atoms with Crippen LogP contribution in [0, 0.1) is 51.8 Å². The van der Waals surface area contributed by atoms with Gasteiger partial charge in [0.05, 0.1) is 6.10 Å². The minimum absolute atomic E-state index is 0.121. The molecule has 0 aliphatic heterocycles. The van der Waals surface area contributed by atoms with E-state index in [2.05, 4.69) is 26.8 Å². The number of allylic oxidation sites excluding steroid dienone is 2. The molecule has 0 spiro atoms. The summed E-state index contributed by atoms with van der Waals surface area (Å²) >= 11 is 0. The lowest BCUT2D eigenvalue weighted by Crippen LogP contribution is -2.52. The summed E-state index contributed by atoms with van der Waals surface area (Å²) in [7, 11) is 0. The van der Waals surface area contributed by atoms with Crippen LogP contribution in [0.2, 0.25) is 0 Å². The minimum Gasteiger partial charge on any atom is -0.393 e. The molecule has 28 heavy (non-hydrogen) atoms. The Morgan fingerprint density at radius 1 is 0.893 bits per heavy atom. The first-order valence-electron chi connectivity index (χ1n) is 12.8. The van der Waals surface area contributed by atoms with Gasteiger partial charge in [-0.1, -0.05) is 25.5 Å². The molecule has 6 rings (SSSR count). The Labute approximate surface area is 172 Å². The highest BCUT2D eigenvalue weighted by atomic mass is 16.3. The molecule has 0 saturated heterocycles. The molecule has 5 saturated carbocycles. The standard InChI is InChI=1S/C27H42O/c1-17(28)22-10-11-23-21-9-8-20-16-27(18-4-5-18,19-6-7-19)15-14-25(20,2)24(21)12-13-26(22,23)3/h8,17-19,21-24,28H,4-7,9-16H2,1-3H3/t17?,21?,22-,23?,24?,25?,26-/m1/s1. The molecule has 5 unspecified atom stereocenters. The highest BCUT2D eigenvalue weighted by Crippen LogP contribution is 2.72. The second-order valence-electron chi connectivity index (χ2n) is 12.7. The predicted octanol–water partition coefficient (Wildman–Crippen LogP) is 6.75. The maximum Gasteiger partial charge on any atom is 0.0545 e. The molecule has 7 atom stereocenters. The van der Waals surface area contributed by atoms with Gasteiger partial charge in [0.25, 0.3) is 0 Å². The number of aliphatic hydroxyl groups excluding tert-OH is 1. The van der Waals surface area contributed by atoms with Crippen LogP contribution in [0.1, 0.15) is 97.8 Å². The van der Waals surface area contributed by atoms with E-state index in [4.69, 9.17) is 0 Å². The van der Waals surface area contributed by atoms with E-state index in [-0.39, 0.29) is 6.10 Å². The lowest BCUT2D eigenvalue weighted by molar-refractivity contribution is -0.0713. The third kappa shape index (κ3) is 2.35. The van der Waals surface area contributed by atoms with E-state index >= 15 is 0 Å². The van der Waals surface area contributed by atoms with Crippen molar-refractivity contribution < 1.29 is 5.11 Å². The molecule has 1 N–H and O–H groups in total. The first kappa shape index (κ1) is 18.5. The van der Waals surface area contributed by atoms with Gasteiger partial charge in [-0.05, 0) is 136 Å². The molecule has 0 amide bonds. The second-order valence-corrected chi connectivity index (χ2v) is 12.7. The molecule has 156 valence electrons. The van der Waals surface area contributed by atoms with Gasteiger partial charge in [0.2, 0.25) is 0 Å². The zero-order valence-electron chi connectivity index (χ0n) is 18.6. The van der Waals surface area contributed by atoms with Crippen LogP contribution in [0.5, 0.6) is 0 Å². The maximum absolute atomic E-state index is 10.5. The first-order chi connectivity index (χ1) is 13.4. The number of hydrogen-bond acceptors (Lipinski definition) is 1. The lowest BCUT2D eigenvalue weighted by Gasteiger charge is -2.60. The van der Waals surface area contributed by atoms with Gasteiger partial charge < -0.3 is 5.11 Å². The summed E-state index contributed by atoms with van der Waals surface area (Å²) in [6.45, 7) is 7.29. The van der Waals surface area contributed by atoms with E-state index < -0.39 is 0 Å². The zero-order chi connectivity index (χ0) is 19.3. The van der Waals surface area contributed by atoms with Crippen molar-refractivity contribution in [2.75, 3.05) is 0 Å². The Morgan fingerprint density at radius 3 is 2.25 bits per heavy atom. The Morgan fingerprint density at radius 2 is 1.61 bits per heavy atom. The van der Waals surface area contributed by atoms with Crippen molar-refractivity contribution in [3.05, 3.63) is 11.6 Å². The van der Waals surface area contributed by atoms with Gasteiger partial charge >= 0.3 is 0 Å². The molecule has 0 aromatic carbocycles. The SMILES string of the molecule is CC(O)[C@H]1CCC2C3CC=C4CC(C5CC5)(C5CC5)CCC4(C)C3CC[C@@]21C. The van der Waals surface area contributed by atoms with Crippen molar-refractivity contribution in [2.24, 2.45) is 51.8 Å². The first-order valence-corrected chi connectivity index (χ1v) is 12.8. The molecule has 6 aliphatic carbocycles. The van der Waals surface area contributed by atoms with Crippen molar-refractivity contribution in [3.8, 4) is 0 Å². The maximum atomic E-state index is 10.5. The van der Waals surface area contributed by atoms with Crippen molar-refractivity contribution >= 4 is 0 Å². The molecular formula is C27H42O. The average Bonchev–Trinajstić information content (AvgIpc) is 3.56. The highest BCUT2D eigenvalue weighted by Gasteiger charge is 2.63. The smallest absolute Gasteiger partial charge is 0.0545 e. The van der Waals surface area contributed by atoms with Gasteiger partial charge in [0, 0.05) is 0 Å². The highest BCUT2D eigenvalue weighted by molar-refractivity contribution is 5.28. The third-order valence-corrected chi connectivity index (χ3v) is 11.7. The molecule has 1 heteroatoms. The topological polar surface area (TPSA) is 20.2 Å². The Hall–Kier alpha value is -0.300. The molecular weight excluding hydrogens is 340 g/mol. The van der Waals surface area contributed by atoms with Crippen LogP contribution in [0.15, 0.2) is 11.6 Å². The van der Waals surface area contributed by atoms with Gasteiger partial charge in [-0.3, -0.25) is 0 Å². The van der Waals surface area contributed by atoms with Crippen LogP contribution in [-0.4, -0.2) is 11.2 Å². The van der Waals surface area contributed by atoms with Crippen molar-refractivity contribution in [1.82, 2.24) is 0 Å². The summed E-state index contributed by atoms with van der Waals surface area (Å²) < 4.78 is 0. The Balaban J connectivity index is 1.30.